The first-order valence-corrected chi connectivity index (χ1v) is 7.58. The number of carbonyl (C=O) groups excluding carboxylic acids is 2. The molecule has 2 aromatic heterocycles. The second-order valence-electron chi connectivity index (χ2n) is 4.00. The number of carbonyl (C=O) groups is 2. The molecule has 8 heteroatoms. The van der Waals surface area contributed by atoms with E-state index in [1.165, 1.54) is 17.6 Å². The number of halogens is 1. The van der Waals surface area contributed by atoms with Gasteiger partial charge in [0.1, 0.15) is 5.76 Å². The maximum Gasteiger partial charge on any atom is 0.329 e. The van der Waals surface area contributed by atoms with Crippen molar-refractivity contribution in [2.75, 3.05) is 0 Å². The van der Waals surface area contributed by atoms with Gasteiger partial charge in [-0.1, -0.05) is 0 Å². The van der Waals surface area contributed by atoms with Gasteiger partial charge in [0.2, 0.25) is 0 Å². The highest BCUT2D eigenvalue weighted by Gasteiger charge is 2.13. The minimum atomic E-state index is -0.823. The number of hydrazone groups is 1. The first-order valence-electron chi connectivity index (χ1n) is 5.97. The summed E-state index contributed by atoms with van der Waals surface area (Å²) in [5.74, 6) is -1.02. The molecule has 0 fully saturated rings. The summed E-state index contributed by atoms with van der Waals surface area (Å²) in [5, 5.41) is 6.33. The van der Waals surface area contributed by atoms with Gasteiger partial charge in [-0.25, -0.2) is 5.43 Å². The monoisotopic (exact) mass is 369 g/mol. The standard InChI is InChI=1S/C13H12BrN3O3S/c1-8(10-4-5-11(14)21-10)16-17-13(19)12(18)15-7-9-3-2-6-20-9/h2-6H,7H2,1H3,(H,15,18)(H,17,19)/b16-8-. The van der Waals surface area contributed by atoms with E-state index in [2.05, 4.69) is 31.8 Å². The third-order valence-electron chi connectivity index (χ3n) is 2.46. The summed E-state index contributed by atoms with van der Waals surface area (Å²) >= 11 is 4.83. The fourth-order valence-corrected chi connectivity index (χ4v) is 2.74. The molecule has 0 saturated heterocycles. The molecule has 2 aromatic rings. The van der Waals surface area contributed by atoms with E-state index in [1.807, 2.05) is 12.1 Å². The van der Waals surface area contributed by atoms with E-state index >= 15 is 0 Å². The smallest absolute Gasteiger partial charge is 0.329 e. The molecule has 2 amide bonds. The summed E-state index contributed by atoms with van der Waals surface area (Å²) in [7, 11) is 0. The van der Waals surface area contributed by atoms with Crippen LogP contribution < -0.4 is 10.7 Å². The molecule has 0 unspecified atom stereocenters. The highest BCUT2D eigenvalue weighted by Crippen LogP contribution is 2.22. The SMILES string of the molecule is C/C(=N/NC(=O)C(=O)NCc1ccco1)c1ccc(Br)s1. The van der Waals surface area contributed by atoms with E-state index in [-0.39, 0.29) is 6.54 Å². The molecule has 2 heterocycles. The van der Waals surface area contributed by atoms with Crippen LogP contribution in [0.4, 0.5) is 0 Å². The van der Waals surface area contributed by atoms with Crippen LogP contribution in [0.15, 0.2) is 43.8 Å². The molecule has 0 aliphatic heterocycles. The Labute approximate surface area is 133 Å². The topological polar surface area (TPSA) is 83.7 Å². The van der Waals surface area contributed by atoms with Gasteiger partial charge >= 0.3 is 11.8 Å². The van der Waals surface area contributed by atoms with Crippen LogP contribution in [0.1, 0.15) is 17.6 Å². The molecule has 0 atom stereocenters. The second-order valence-corrected chi connectivity index (χ2v) is 6.47. The third kappa shape index (κ3) is 4.54. The van der Waals surface area contributed by atoms with Crippen LogP contribution >= 0.6 is 27.3 Å². The summed E-state index contributed by atoms with van der Waals surface area (Å²) < 4.78 is 6.01. The Kier molecular flexibility index (Phi) is 5.29. The lowest BCUT2D eigenvalue weighted by Crippen LogP contribution is -2.37. The molecular formula is C13H12BrN3O3S. The van der Waals surface area contributed by atoms with Crippen molar-refractivity contribution >= 4 is 44.8 Å². The van der Waals surface area contributed by atoms with Gasteiger partial charge in [0.05, 0.1) is 27.2 Å². The lowest BCUT2D eigenvalue weighted by Gasteiger charge is -2.02. The zero-order valence-corrected chi connectivity index (χ0v) is 13.5. The predicted octanol–water partition coefficient (Wildman–Crippen LogP) is 2.26. The van der Waals surface area contributed by atoms with Crippen LogP contribution in [-0.4, -0.2) is 17.5 Å². The number of nitrogens with one attached hydrogen (secondary N) is 2. The maximum absolute atomic E-state index is 11.6. The average Bonchev–Trinajstić information content (AvgIpc) is 3.13. The van der Waals surface area contributed by atoms with Gasteiger partial charge in [-0.2, -0.15) is 5.10 Å². The first kappa shape index (κ1) is 15.5. The summed E-state index contributed by atoms with van der Waals surface area (Å²) in [6.45, 7) is 1.90. The average molecular weight is 370 g/mol. The quantitative estimate of drug-likeness (QED) is 0.492. The molecular weight excluding hydrogens is 358 g/mol. The number of thiophene rings is 1. The molecule has 6 nitrogen and oxygen atoms in total. The number of rotatable bonds is 4. The van der Waals surface area contributed by atoms with Crippen molar-refractivity contribution in [1.82, 2.24) is 10.7 Å². The zero-order chi connectivity index (χ0) is 15.2. The van der Waals surface area contributed by atoms with E-state index in [0.29, 0.717) is 11.5 Å². The van der Waals surface area contributed by atoms with Crippen molar-refractivity contribution in [3.8, 4) is 0 Å². The van der Waals surface area contributed by atoms with Gasteiger partial charge in [-0.15, -0.1) is 11.3 Å². The Morgan fingerprint density at radius 3 is 2.76 bits per heavy atom. The fourth-order valence-electron chi connectivity index (χ4n) is 1.41. The molecule has 0 spiro atoms. The number of hydrogen-bond acceptors (Lipinski definition) is 5. The van der Waals surface area contributed by atoms with Gasteiger partial charge in [-0.3, -0.25) is 9.59 Å². The van der Waals surface area contributed by atoms with Crippen LogP contribution in [0.3, 0.4) is 0 Å². The minimum Gasteiger partial charge on any atom is -0.467 e. The molecule has 0 bridgehead atoms. The Morgan fingerprint density at radius 2 is 2.14 bits per heavy atom. The second kappa shape index (κ2) is 7.19. The molecule has 0 aliphatic rings. The van der Waals surface area contributed by atoms with Crippen LogP contribution in [0.5, 0.6) is 0 Å². The van der Waals surface area contributed by atoms with Crippen molar-refractivity contribution in [3.63, 3.8) is 0 Å². The van der Waals surface area contributed by atoms with Crippen molar-refractivity contribution in [1.29, 1.82) is 0 Å². The molecule has 0 aliphatic carbocycles. The Hall–Kier alpha value is -1.93. The lowest BCUT2D eigenvalue weighted by molar-refractivity contribution is -0.139. The van der Waals surface area contributed by atoms with Crippen molar-refractivity contribution in [3.05, 3.63) is 45.0 Å². The first-order chi connectivity index (χ1) is 10.1. The summed E-state index contributed by atoms with van der Waals surface area (Å²) in [4.78, 5) is 24.0. The number of furan rings is 1. The predicted molar refractivity (Wildman–Crippen MR) is 82.9 cm³/mol. The van der Waals surface area contributed by atoms with Crippen molar-refractivity contribution < 1.29 is 14.0 Å². The molecule has 0 saturated carbocycles. The van der Waals surface area contributed by atoms with E-state index in [0.717, 1.165) is 8.66 Å². The highest BCUT2D eigenvalue weighted by atomic mass is 79.9. The van der Waals surface area contributed by atoms with Crippen LogP contribution in [0, 0.1) is 0 Å². The van der Waals surface area contributed by atoms with E-state index in [1.54, 1.807) is 19.1 Å². The zero-order valence-electron chi connectivity index (χ0n) is 11.1. The fraction of sp³-hybridized carbons (Fsp3) is 0.154. The van der Waals surface area contributed by atoms with Crippen LogP contribution in [-0.2, 0) is 16.1 Å². The summed E-state index contributed by atoms with van der Waals surface area (Å²) in [6, 6.07) is 7.16. The van der Waals surface area contributed by atoms with Crippen LogP contribution in [0.25, 0.3) is 0 Å². The van der Waals surface area contributed by atoms with Gasteiger partial charge in [0.15, 0.2) is 0 Å². The molecule has 2 rings (SSSR count). The Morgan fingerprint density at radius 1 is 1.33 bits per heavy atom. The third-order valence-corrected chi connectivity index (χ3v) is 4.20. The highest BCUT2D eigenvalue weighted by molar-refractivity contribution is 9.11. The van der Waals surface area contributed by atoms with E-state index in [9.17, 15) is 9.59 Å². The minimum absolute atomic E-state index is 0.153. The van der Waals surface area contributed by atoms with E-state index in [4.69, 9.17) is 4.42 Å². The maximum atomic E-state index is 11.6. The lowest BCUT2D eigenvalue weighted by atomic mass is 10.3. The van der Waals surface area contributed by atoms with E-state index < -0.39 is 11.8 Å². The molecule has 0 radical (unpaired) electrons. The van der Waals surface area contributed by atoms with Gasteiger partial charge in [-0.05, 0) is 47.1 Å². The Bertz CT molecular complexity index is 664. The largest absolute Gasteiger partial charge is 0.467 e. The molecule has 0 aromatic carbocycles. The van der Waals surface area contributed by atoms with Crippen LogP contribution in [0.2, 0.25) is 0 Å². The van der Waals surface area contributed by atoms with Gasteiger partial charge < -0.3 is 9.73 Å². The van der Waals surface area contributed by atoms with Crippen molar-refractivity contribution in [2.45, 2.75) is 13.5 Å². The van der Waals surface area contributed by atoms with Gasteiger partial charge in [0.25, 0.3) is 0 Å². The normalized spacial score (nSPS) is 11.2. The number of nitrogens with zero attached hydrogens (tertiary/aromatic N) is 1. The summed E-state index contributed by atoms with van der Waals surface area (Å²) in [5.41, 5.74) is 2.84. The molecule has 21 heavy (non-hydrogen) atoms. The van der Waals surface area contributed by atoms with Gasteiger partial charge in [0, 0.05) is 0 Å². The molecule has 110 valence electrons. The number of amides is 2. The number of hydrogen-bond donors (Lipinski definition) is 2. The van der Waals surface area contributed by atoms with Crippen molar-refractivity contribution in [2.24, 2.45) is 5.10 Å². The molecule has 2 N–H and O–H groups in total. The Balaban J connectivity index is 1.84. The summed E-state index contributed by atoms with van der Waals surface area (Å²) in [6.07, 6.45) is 1.49.